The number of nitrogens with zero attached hydrogens (tertiary/aromatic N) is 3. The Kier molecular flexibility index (Phi) is 6.29. The maximum Gasteiger partial charge on any atom is 0.257 e. The highest BCUT2D eigenvalue weighted by Crippen LogP contribution is 2.27. The van der Waals surface area contributed by atoms with Gasteiger partial charge in [0.2, 0.25) is 10.0 Å². The van der Waals surface area contributed by atoms with E-state index in [2.05, 4.69) is 15.5 Å². The molecule has 2 aromatic rings. The Morgan fingerprint density at radius 1 is 1.22 bits per heavy atom. The number of nitrogens with one attached hydrogen (secondary N) is 1. The highest BCUT2D eigenvalue weighted by atomic mass is 32.2. The van der Waals surface area contributed by atoms with E-state index in [1.807, 2.05) is 14.0 Å². The molecule has 7 nitrogen and oxygen atoms in total. The molecule has 148 valence electrons. The average Bonchev–Trinajstić information content (AvgIpc) is 3.16. The summed E-state index contributed by atoms with van der Waals surface area (Å²) in [4.78, 5) is 4.69. The maximum absolute atomic E-state index is 12.9. The van der Waals surface area contributed by atoms with E-state index < -0.39 is 10.0 Å². The fraction of sp³-hybridized carbons (Fsp3) is 0.579. The van der Waals surface area contributed by atoms with Gasteiger partial charge in [-0.2, -0.15) is 9.29 Å². The Morgan fingerprint density at radius 3 is 2.52 bits per heavy atom. The molecule has 1 saturated carbocycles. The number of rotatable bonds is 7. The number of likely N-dealkylation sites (N-methyl/N-ethyl adjacent to an activating group) is 1. The van der Waals surface area contributed by atoms with Gasteiger partial charge in [0.1, 0.15) is 0 Å². The minimum Gasteiger partial charge on any atom is -0.334 e. The van der Waals surface area contributed by atoms with Crippen molar-refractivity contribution in [2.45, 2.75) is 62.4 Å². The monoisotopic (exact) mass is 392 g/mol. The third kappa shape index (κ3) is 4.56. The summed E-state index contributed by atoms with van der Waals surface area (Å²) in [7, 11) is 0.0778. The van der Waals surface area contributed by atoms with Gasteiger partial charge in [0.25, 0.3) is 5.89 Å². The predicted octanol–water partition coefficient (Wildman–Crippen LogP) is 2.84. The third-order valence-electron chi connectivity index (χ3n) is 5.32. The second-order valence-corrected chi connectivity index (χ2v) is 9.24. The summed E-state index contributed by atoms with van der Waals surface area (Å²) in [6.07, 6.45) is 5.91. The lowest BCUT2D eigenvalue weighted by Gasteiger charge is -2.30. The summed E-state index contributed by atoms with van der Waals surface area (Å²) in [5.74, 6) is 1.03. The van der Waals surface area contributed by atoms with E-state index in [1.165, 1.54) is 10.7 Å². The number of hydrogen-bond acceptors (Lipinski definition) is 6. The van der Waals surface area contributed by atoms with Crippen LogP contribution in [0, 0.1) is 0 Å². The summed E-state index contributed by atoms with van der Waals surface area (Å²) < 4.78 is 32.7. The molecule has 1 heterocycles. The molecule has 3 rings (SSSR count). The van der Waals surface area contributed by atoms with Crippen molar-refractivity contribution in [1.29, 1.82) is 0 Å². The van der Waals surface area contributed by atoms with Gasteiger partial charge in [-0.25, -0.2) is 8.42 Å². The molecule has 27 heavy (non-hydrogen) atoms. The largest absolute Gasteiger partial charge is 0.334 e. The zero-order valence-electron chi connectivity index (χ0n) is 16.2. The van der Waals surface area contributed by atoms with E-state index in [0.29, 0.717) is 28.6 Å². The molecule has 8 heteroatoms. The molecule has 0 bridgehead atoms. The molecule has 0 radical (unpaired) electrons. The Labute approximate surface area is 161 Å². The fourth-order valence-electron chi connectivity index (χ4n) is 3.41. The lowest BCUT2D eigenvalue weighted by Crippen LogP contribution is -2.38. The second kappa shape index (κ2) is 8.50. The lowest BCUT2D eigenvalue weighted by molar-refractivity contribution is 0.286. The minimum atomic E-state index is -3.49. The van der Waals surface area contributed by atoms with Crippen LogP contribution in [0.3, 0.4) is 0 Å². The van der Waals surface area contributed by atoms with E-state index in [4.69, 9.17) is 4.52 Å². The van der Waals surface area contributed by atoms with Gasteiger partial charge in [-0.15, -0.1) is 0 Å². The number of sulfonamides is 1. The Hall–Kier alpha value is -1.77. The maximum atomic E-state index is 12.9. The molecule has 0 saturated heterocycles. The molecular formula is C19H28N4O3S. The molecule has 1 unspecified atom stereocenters. The van der Waals surface area contributed by atoms with Crippen molar-refractivity contribution in [3.05, 3.63) is 30.1 Å². The van der Waals surface area contributed by atoms with Crippen LogP contribution in [0.1, 0.15) is 44.9 Å². The van der Waals surface area contributed by atoms with Gasteiger partial charge in [-0.3, -0.25) is 0 Å². The molecule has 1 aromatic carbocycles. The fourth-order valence-corrected chi connectivity index (χ4v) is 4.82. The van der Waals surface area contributed by atoms with Crippen molar-refractivity contribution in [3.63, 3.8) is 0 Å². The number of benzene rings is 1. The molecule has 1 aliphatic carbocycles. The zero-order valence-corrected chi connectivity index (χ0v) is 17.0. The quantitative estimate of drug-likeness (QED) is 0.779. The molecule has 1 aliphatic rings. The molecule has 1 fully saturated rings. The highest BCUT2D eigenvalue weighted by molar-refractivity contribution is 7.89. The van der Waals surface area contributed by atoms with Crippen molar-refractivity contribution < 1.29 is 12.9 Å². The van der Waals surface area contributed by atoms with Crippen molar-refractivity contribution in [2.24, 2.45) is 0 Å². The average molecular weight is 393 g/mol. The van der Waals surface area contributed by atoms with E-state index in [1.54, 1.807) is 31.3 Å². The van der Waals surface area contributed by atoms with E-state index in [0.717, 1.165) is 25.7 Å². The van der Waals surface area contributed by atoms with Crippen molar-refractivity contribution in [1.82, 2.24) is 19.8 Å². The second-order valence-electron chi connectivity index (χ2n) is 7.25. The van der Waals surface area contributed by atoms with Crippen LogP contribution in [0.25, 0.3) is 11.5 Å². The van der Waals surface area contributed by atoms with Gasteiger partial charge in [0.05, 0.1) is 4.90 Å². The molecule has 0 spiro atoms. The van der Waals surface area contributed by atoms with E-state index in [9.17, 15) is 8.42 Å². The first-order valence-electron chi connectivity index (χ1n) is 9.50. The summed E-state index contributed by atoms with van der Waals surface area (Å²) in [6.45, 7) is 2.04. The Morgan fingerprint density at radius 2 is 1.89 bits per heavy atom. The molecule has 1 N–H and O–H groups in total. The van der Waals surface area contributed by atoms with Crippen molar-refractivity contribution >= 4 is 10.0 Å². The van der Waals surface area contributed by atoms with Crippen molar-refractivity contribution in [3.8, 4) is 11.5 Å². The molecule has 0 amide bonds. The van der Waals surface area contributed by atoms with Gasteiger partial charge >= 0.3 is 0 Å². The smallest absolute Gasteiger partial charge is 0.257 e. The first kappa shape index (κ1) is 20.0. The van der Waals surface area contributed by atoms with Gasteiger partial charge in [0, 0.05) is 31.1 Å². The first-order valence-corrected chi connectivity index (χ1v) is 10.9. The molecule has 0 aliphatic heterocycles. The zero-order chi connectivity index (χ0) is 19.4. The highest BCUT2D eigenvalue weighted by Gasteiger charge is 2.29. The van der Waals surface area contributed by atoms with Crippen LogP contribution < -0.4 is 5.32 Å². The van der Waals surface area contributed by atoms with Crippen LogP contribution in [-0.4, -0.2) is 49.0 Å². The van der Waals surface area contributed by atoms with Crippen LogP contribution in [0.5, 0.6) is 0 Å². The lowest BCUT2D eigenvalue weighted by atomic mass is 9.96. The Bertz CT molecular complexity index is 842. The summed E-state index contributed by atoms with van der Waals surface area (Å²) in [6, 6.07) is 7.02. The standard InChI is InChI=1S/C19H28N4O3S/c1-14(20-2)13-18-21-19(26-22-18)15-9-11-17(12-10-15)27(24,25)23(3)16-7-5-4-6-8-16/h9-12,14,16,20H,4-8,13H2,1-3H3. The van der Waals surface area contributed by atoms with Crippen LogP contribution in [0.2, 0.25) is 0 Å². The Balaban J connectivity index is 1.74. The molecule has 1 atom stereocenters. The minimum absolute atomic E-state index is 0.0936. The third-order valence-corrected chi connectivity index (χ3v) is 7.24. The summed E-state index contributed by atoms with van der Waals surface area (Å²) in [5.41, 5.74) is 0.713. The van der Waals surface area contributed by atoms with Gasteiger partial charge in [-0.1, -0.05) is 24.4 Å². The predicted molar refractivity (Wildman–Crippen MR) is 104 cm³/mol. The van der Waals surface area contributed by atoms with Crippen molar-refractivity contribution in [2.75, 3.05) is 14.1 Å². The topological polar surface area (TPSA) is 88.3 Å². The van der Waals surface area contributed by atoms with Crippen LogP contribution >= 0.6 is 0 Å². The van der Waals surface area contributed by atoms with E-state index >= 15 is 0 Å². The van der Waals surface area contributed by atoms with Crippen LogP contribution in [0.15, 0.2) is 33.7 Å². The van der Waals surface area contributed by atoms with Crippen LogP contribution in [-0.2, 0) is 16.4 Å². The van der Waals surface area contributed by atoms with Crippen LogP contribution in [0.4, 0.5) is 0 Å². The van der Waals surface area contributed by atoms with Gasteiger partial charge in [0.15, 0.2) is 5.82 Å². The first-order chi connectivity index (χ1) is 12.9. The van der Waals surface area contributed by atoms with E-state index in [-0.39, 0.29) is 12.1 Å². The summed E-state index contributed by atoms with van der Waals surface area (Å²) in [5, 5.41) is 7.12. The summed E-state index contributed by atoms with van der Waals surface area (Å²) >= 11 is 0. The molecule has 1 aromatic heterocycles. The normalized spacial score (nSPS) is 17.3. The van der Waals surface area contributed by atoms with Gasteiger partial charge in [-0.05, 0) is 51.1 Å². The number of aromatic nitrogens is 2. The number of hydrogen-bond donors (Lipinski definition) is 1. The van der Waals surface area contributed by atoms with Gasteiger partial charge < -0.3 is 9.84 Å². The SMILES string of the molecule is CNC(C)Cc1noc(-c2ccc(S(=O)(=O)N(C)C3CCCCC3)cc2)n1. The molecular weight excluding hydrogens is 364 g/mol.